The van der Waals surface area contributed by atoms with Crippen molar-refractivity contribution in [2.75, 3.05) is 30.4 Å². The van der Waals surface area contributed by atoms with Crippen LogP contribution in [-0.4, -0.2) is 52.3 Å². The highest BCUT2D eigenvalue weighted by Gasteiger charge is 2.34. The van der Waals surface area contributed by atoms with Crippen molar-refractivity contribution in [3.8, 4) is 0 Å². The number of alkyl carbamates (subject to hydrolysis) is 1. The Labute approximate surface area is 167 Å². The topological polar surface area (TPSA) is 95.2 Å². The van der Waals surface area contributed by atoms with Gasteiger partial charge in [-0.05, 0) is 56.5 Å². The molecule has 3 rings (SSSR count). The molecule has 8 nitrogen and oxygen atoms in total. The van der Waals surface area contributed by atoms with Gasteiger partial charge in [0.25, 0.3) is 0 Å². The number of carbonyl (C=O) groups is 1. The first-order valence-corrected chi connectivity index (χ1v) is 9.88. The zero-order chi connectivity index (χ0) is 19.8. The first-order valence-electron chi connectivity index (χ1n) is 9.09. The summed E-state index contributed by atoms with van der Waals surface area (Å²) in [6.45, 7) is 9.15. The van der Waals surface area contributed by atoms with Gasteiger partial charge in [-0.3, -0.25) is 0 Å². The van der Waals surface area contributed by atoms with Gasteiger partial charge in [-0.15, -0.1) is 0 Å². The first kappa shape index (κ1) is 19.7. The molecule has 1 amide bonds. The molecule has 1 fully saturated rings. The van der Waals surface area contributed by atoms with Crippen molar-refractivity contribution in [1.82, 2.24) is 20.3 Å². The van der Waals surface area contributed by atoms with E-state index < -0.39 is 5.60 Å². The molecule has 3 heterocycles. The molecule has 0 unspecified atom stereocenters. The zero-order valence-electron chi connectivity index (χ0n) is 16.4. The summed E-state index contributed by atoms with van der Waals surface area (Å²) in [5.41, 5.74) is -0.0147. The van der Waals surface area contributed by atoms with Crippen LogP contribution < -0.4 is 15.5 Å². The Morgan fingerprint density at radius 3 is 2.59 bits per heavy atom. The van der Waals surface area contributed by atoms with Crippen LogP contribution in [0, 0.1) is 0 Å². The van der Waals surface area contributed by atoms with Crippen LogP contribution in [0.4, 0.5) is 16.6 Å². The Bertz CT molecular complexity index is 836. The van der Waals surface area contributed by atoms with Gasteiger partial charge < -0.3 is 25.3 Å². The van der Waals surface area contributed by atoms with Crippen molar-refractivity contribution >= 4 is 44.8 Å². The SMILES string of the molecule is CNc1nc(N2CCC(C)(NC(=O)OC(C)(C)C)CC2)nc2[nH]cc(Br)c12. The maximum atomic E-state index is 12.1. The summed E-state index contributed by atoms with van der Waals surface area (Å²) in [7, 11) is 1.85. The number of fused-ring (bicyclic) bond motifs is 1. The fourth-order valence-electron chi connectivity index (χ4n) is 3.18. The predicted molar refractivity (Wildman–Crippen MR) is 110 cm³/mol. The van der Waals surface area contributed by atoms with Gasteiger partial charge >= 0.3 is 6.09 Å². The lowest BCUT2D eigenvalue weighted by molar-refractivity contribution is 0.0448. The highest BCUT2D eigenvalue weighted by Crippen LogP contribution is 2.31. The number of nitrogens with one attached hydrogen (secondary N) is 3. The second-order valence-electron chi connectivity index (χ2n) is 8.16. The molecular weight excluding hydrogens is 412 g/mol. The second kappa shape index (κ2) is 7.18. The molecule has 1 aliphatic rings. The number of piperidine rings is 1. The first-order chi connectivity index (χ1) is 12.6. The van der Waals surface area contributed by atoms with E-state index in [9.17, 15) is 4.79 Å². The molecule has 0 radical (unpaired) electrons. The average molecular weight is 439 g/mol. The number of hydrogen-bond donors (Lipinski definition) is 3. The van der Waals surface area contributed by atoms with E-state index in [1.54, 1.807) is 0 Å². The molecule has 3 N–H and O–H groups in total. The van der Waals surface area contributed by atoms with Crippen molar-refractivity contribution in [3.05, 3.63) is 10.7 Å². The molecular formula is C18H27BrN6O2. The van der Waals surface area contributed by atoms with Gasteiger partial charge in [0.2, 0.25) is 5.95 Å². The highest BCUT2D eigenvalue weighted by atomic mass is 79.9. The number of ether oxygens (including phenoxy) is 1. The maximum absolute atomic E-state index is 12.1. The van der Waals surface area contributed by atoms with E-state index in [0.29, 0.717) is 5.95 Å². The van der Waals surface area contributed by atoms with Gasteiger partial charge in [-0.1, -0.05) is 0 Å². The minimum Gasteiger partial charge on any atom is -0.444 e. The van der Waals surface area contributed by atoms with Gasteiger partial charge in [-0.2, -0.15) is 9.97 Å². The lowest BCUT2D eigenvalue weighted by Crippen LogP contribution is -2.54. The van der Waals surface area contributed by atoms with Crippen LogP contribution in [0.5, 0.6) is 0 Å². The molecule has 0 atom stereocenters. The average Bonchev–Trinajstić information content (AvgIpc) is 2.94. The number of carbonyl (C=O) groups excluding carboxylic acids is 1. The molecule has 0 aromatic carbocycles. The summed E-state index contributed by atoms with van der Waals surface area (Å²) >= 11 is 3.52. The molecule has 148 valence electrons. The number of nitrogens with zero attached hydrogens (tertiary/aromatic N) is 3. The maximum Gasteiger partial charge on any atom is 0.408 e. The van der Waals surface area contributed by atoms with E-state index in [2.05, 4.69) is 53.3 Å². The molecule has 9 heteroatoms. The van der Waals surface area contributed by atoms with Crippen molar-refractivity contribution < 1.29 is 9.53 Å². The summed E-state index contributed by atoms with van der Waals surface area (Å²) in [5.74, 6) is 1.46. The van der Waals surface area contributed by atoms with Crippen LogP contribution in [0.3, 0.4) is 0 Å². The molecule has 1 saturated heterocycles. The molecule has 2 aromatic heterocycles. The summed E-state index contributed by atoms with van der Waals surface area (Å²) in [5, 5.41) is 7.10. The molecule has 2 aromatic rings. The van der Waals surface area contributed by atoms with Crippen molar-refractivity contribution in [2.24, 2.45) is 0 Å². The van der Waals surface area contributed by atoms with Crippen LogP contribution in [0.25, 0.3) is 11.0 Å². The number of rotatable bonds is 3. The van der Waals surface area contributed by atoms with Gasteiger partial charge in [0.15, 0.2) is 0 Å². The Hall–Kier alpha value is -2.03. The van der Waals surface area contributed by atoms with Gasteiger partial charge in [-0.25, -0.2) is 4.79 Å². The smallest absolute Gasteiger partial charge is 0.408 e. The molecule has 1 aliphatic heterocycles. The Morgan fingerprint density at radius 1 is 1.33 bits per heavy atom. The van der Waals surface area contributed by atoms with Gasteiger partial charge in [0.05, 0.1) is 5.39 Å². The number of aromatic amines is 1. The lowest BCUT2D eigenvalue weighted by Gasteiger charge is -2.40. The zero-order valence-corrected chi connectivity index (χ0v) is 18.0. The minimum absolute atomic E-state index is 0.301. The van der Waals surface area contributed by atoms with Crippen molar-refractivity contribution in [2.45, 2.75) is 51.7 Å². The second-order valence-corrected chi connectivity index (χ2v) is 9.01. The summed E-state index contributed by atoms with van der Waals surface area (Å²) in [6.07, 6.45) is 3.07. The van der Waals surface area contributed by atoms with Crippen LogP contribution in [-0.2, 0) is 4.74 Å². The standard InChI is InChI=1S/C18H27BrN6O2/c1-17(2,3)27-16(26)24-18(4)6-8-25(9-7-18)15-22-13(20-5)12-11(19)10-21-14(12)23-15/h10H,6-9H2,1-5H3,(H,24,26)(H2,20,21,22,23). The third kappa shape index (κ3) is 4.45. The number of hydrogen-bond acceptors (Lipinski definition) is 6. The number of H-pyrrole nitrogens is 1. The summed E-state index contributed by atoms with van der Waals surface area (Å²) < 4.78 is 6.32. The monoisotopic (exact) mass is 438 g/mol. The fourth-order valence-corrected chi connectivity index (χ4v) is 3.67. The Morgan fingerprint density at radius 2 is 2.00 bits per heavy atom. The highest BCUT2D eigenvalue weighted by molar-refractivity contribution is 9.10. The third-order valence-corrected chi connectivity index (χ3v) is 5.29. The van der Waals surface area contributed by atoms with Gasteiger partial charge in [0.1, 0.15) is 17.1 Å². The normalized spacial score (nSPS) is 17.0. The van der Waals surface area contributed by atoms with E-state index in [4.69, 9.17) is 4.74 Å². The van der Waals surface area contributed by atoms with Crippen LogP contribution >= 0.6 is 15.9 Å². The lowest BCUT2D eigenvalue weighted by atomic mass is 9.90. The molecule has 0 saturated carbocycles. The summed E-state index contributed by atoms with van der Waals surface area (Å²) in [6, 6.07) is 0. The summed E-state index contributed by atoms with van der Waals surface area (Å²) in [4.78, 5) is 26.8. The molecule has 0 bridgehead atoms. The Kier molecular flexibility index (Phi) is 5.24. The fraction of sp³-hybridized carbons (Fsp3) is 0.611. The van der Waals surface area contributed by atoms with Crippen molar-refractivity contribution in [1.29, 1.82) is 0 Å². The number of aromatic nitrogens is 3. The number of anilines is 2. The van der Waals surface area contributed by atoms with E-state index in [1.165, 1.54) is 0 Å². The van der Waals surface area contributed by atoms with Gasteiger partial charge in [0, 0.05) is 36.3 Å². The predicted octanol–water partition coefficient (Wildman–Crippen LogP) is 3.65. The van der Waals surface area contributed by atoms with Crippen molar-refractivity contribution in [3.63, 3.8) is 0 Å². The van der Waals surface area contributed by atoms with E-state index in [-0.39, 0.29) is 11.6 Å². The van der Waals surface area contributed by atoms with Crippen LogP contribution in [0.15, 0.2) is 10.7 Å². The largest absolute Gasteiger partial charge is 0.444 e. The quantitative estimate of drug-likeness (QED) is 0.676. The van der Waals surface area contributed by atoms with E-state index in [1.807, 2.05) is 34.0 Å². The van der Waals surface area contributed by atoms with E-state index >= 15 is 0 Å². The van der Waals surface area contributed by atoms with E-state index in [0.717, 1.165) is 47.3 Å². The van der Waals surface area contributed by atoms with Crippen LogP contribution in [0.2, 0.25) is 0 Å². The minimum atomic E-state index is -0.502. The number of amides is 1. The number of halogens is 1. The Balaban J connectivity index is 1.70. The van der Waals surface area contributed by atoms with Crippen LogP contribution in [0.1, 0.15) is 40.5 Å². The molecule has 0 spiro atoms. The molecule has 0 aliphatic carbocycles. The third-order valence-electron chi connectivity index (χ3n) is 4.66. The molecule has 27 heavy (non-hydrogen) atoms.